The lowest BCUT2D eigenvalue weighted by Gasteiger charge is -2.32. The van der Waals surface area contributed by atoms with E-state index in [-0.39, 0.29) is 5.91 Å². The smallest absolute Gasteiger partial charge is 0.221 e. The monoisotopic (exact) mass is 261 g/mol. The van der Waals surface area contributed by atoms with Crippen LogP contribution >= 0.6 is 0 Å². The molecule has 1 aliphatic heterocycles. The van der Waals surface area contributed by atoms with Gasteiger partial charge < -0.3 is 10.6 Å². The van der Waals surface area contributed by atoms with Gasteiger partial charge >= 0.3 is 0 Å². The normalized spacial score (nSPS) is 18.0. The summed E-state index contributed by atoms with van der Waals surface area (Å²) in [5.41, 5.74) is 2.19. The average Bonchev–Trinajstić information content (AvgIpc) is 2.41. The Hall–Kier alpha value is -1.39. The van der Waals surface area contributed by atoms with E-state index in [0.717, 1.165) is 38.3 Å². The molecule has 1 aliphatic rings. The Balaban J connectivity index is 1.89. The molecule has 1 aromatic rings. The lowest BCUT2D eigenvalue weighted by atomic mass is 10.0. The molecule has 0 aromatic heterocycles. The molecule has 104 valence electrons. The van der Waals surface area contributed by atoms with Gasteiger partial charge in [-0.1, -0.05) is 12.1 Å². The minimum Gasteiger partial charge on any atom is -0.326 e. The van der Waals surface area contributed by atoms with E-state index >= 15 is 0 Å². The van der Waals surface area contributed by atoms with Gasteiger partial charge in [0, 0.05) is 44.8 Å². The summed E-state index contributed by atoms with van der Waals surface area (Å²) in [6.07, 6.45) is 1.06. The Labute approximate surface area is 115 Å². The fourth-order valence-corrected chi connectivity index (χ4v) is 2.52. The molecule has 19 heavy (non-hydrogen) atoms. The maximum absolute atomic E-state index is 11.0. The number of anilines is 1. The maximum Gasteiger partial charge on any atom is 0.221 e. The molecule has 4 nitrogen and oxygen atoms in total. The highest BCUT2D eigenvalue weighted by Gasteiger charge is 2.16. The van der Waals surface area contributed by atoms with Crippen LogP contribution in [-0.2, 0) is 11.2 Å². The van der Waals surface area contributed by atoms with Crippen molar-refractivity contribution in [3.63, 3.8) is 0 Å². The molecule has 1 aromatic carbocycles. The van der Waals surface area contributed by atoms with Crippen molar-refractivity contribution in [2.45, 2.75) is 26.3 Å². The van der Waals surface area contributed by atoms with Gasteiger partial charge in [-0.25, -0.2) is 0 Å². The number of amides is 1. The number of carbonyl (C=O) groups excluding carboxylic acids is 1. The van der Waals surface area contributed by atoms with Gasteiger partial charge in [0.05, 0.1) is 0 Å². The van der Waals surface area contributed by atoms with Gasteiger partial charge in [0.25, 0.3) is 0 Å². The summed E-state index contributed by atoms with van der Waals surface area (Å²) in [5, 5.41) is 6.17. The molecule has 1 saturated heterocycles. The van der Waals surface area contributed by atoms with Crippen molar-refractivity contribution in [3.05, 3.63) is 29.8 Å². The minimum atomic E-state index is -0.0260. The van der Waals surface area contributed by atoms with E-state index in [2.05, 4.69) is 34.6 Å². The lowest BCUT2D eigenvalue weighted by Crippen LogP contribution is -2.48. The van der Waals surface area contributed by atoms with Gasteiger partial charge in [0.15, 0.2) is 0 Å². The molecular formula is C15H23N3O. The van der Waals surface area contributed by atoms with Gasteiger partial charge in [-0.15, -0.1) is 0 Å². The number of hydrogen-bond donors (Lipinski definition) is 2. The zero-order chi connectivity index (χ0) is 13.7. The Morgan fingerprint density at radius 3 is 2.53 bits per heavy atom. The zero-order valence-corrected chi connectivity index (χ0v) is 11.8. The molecule has 1 amide bonds. The first kappa shape index (κ1) is 14.0. The van der Waals surface area contributed by atoms with Gasteiger partial charge in [-0.2, -0.15) is 0 Å². The number of rotatable bonds is 4. The molecule has 2 rings (SSSR count). The van der Waals surface area contributed by atoms with E-state index in [1.54, 1.807) is 0 Å². The largest absolute Gasteiger partial charge is 0.326 e. The Kier molecular flexibility index (Phi) is 4.93. The van der Waals surface area contributed by atoms with E-state index in [0.29, 0.717) is 6.04 Å². The molecule has 0 spiro atoms. The average molecular weight is 261 g/mol. The molecule has 0 radical (unpaired) electrons. The van der Waals surface area contributed by atoms with Gasteiger partial charge in [-0.3, -0.25) is 9.69 Å². The molecule has 4 heteroatoms. The van der Waals surface area contributed by atoms with Crippen LogP contribution in [0.25, 0.3) is 0 Å². The van der Waals surface area contributed by atoms with E-state index in [9.17, 15) is 4.79 Å². The molecule has 1 atom stereocenters. The van der Waals surface area contributed by atoms with Gasteiger partial charge in [0.2, 0.25) is 5.91 Å². The summed E-state index contributed by atoms with van der Waals surface area (Å²) in [6.45, 7) is 8.25. The Morgan fingerprint density at radius 2 is 1.95 bits per heavy atom. The highest BCUT2D eigenvalue weighted by Crippen LogP contribution is 2.13. The van der Waals surface area contributed by atoms with Crippen LogP contribution in [0.3, 0.4) is 0 Å². The standard InChI is InChI=1S/C15H23N3O/c1-12(18-9-7-16-8-10-18)11-14-3-5-15(6-4-14)17-13(2)19/h3-6,12,16H,7-11H2,1-2H3,(H,17,19). The number of nitrogens with one attached hydrogen (secondary N) is 2. The molecule has 1 heterocycles. The summed E-state index contributed by atoms with van der Waals surface area (Å²) < 4.78 is 0. The van der Waals surface area contributed by atoms with E-state index in [4.69, 9.17) is 0 Å². The first-order valence-corrected chi connectivity index (χ1v) is 6.96. The molecule has 1 unspecified atom stereocenters. The van der Waals surface area contributed by atoms with Crippen molar-refractivity contribution in [1.29, 1.82) is 0 Å². The maximum atomic E-state index is 11.0. The SMILES string of the molecule is CC(=O)Nc1ccc(CC(C)N2CCNCC2)cc1. The van der Waals surface area contributed by atoms with Crippen LogP contribution in [0.2, 0.25) is 0 Å². The van der Waals surface area contributed by atoms with Crippen molar-refractivity contribution in [1.82, 2.24) is 10.2 Å². The molecule has 0 bridgehead atoms. The number of carbonyl (C=O) groups is 1. The van der Waals surface area contributed by atoms with Crippen molar-refractivity contribution in [2.75, 3.05) is 31.5 Å². The number of piperazine rings is 1. The highest BCUT2D eigenvalue weighted by atomic mass is 16.1. The topological polar surface area (TPSA) is 44.4 Å². The van der Waals surface area contributed by atoms with Crippen LogP contribution in [0.15, 0.2) is 24.3 Å². The number of nitrogens with zero attached hydrogens (tertiary/aromatic N) is 1. The van der Waals surface area contributed by atoms with Crippen LogP contribution in [0.1, 0.15) is 19.4 Å². The number of hydrogen-bond acceptors (Lipinski definition) is 3. The second-order valence-corrected chi connectivity index (χ2v) is 5.22. The second kappa shape index (κ2) is 6.68. The van der Waals surface area contributed by atoms with Gasteiger partial charge in [-0.05, 0) is 31.0 Å². The van der Waals surface area contributed by atoms with Crippen LogP contribution in [0, 0.1) is 0 Å². The first-order chi connectivity index (χ1) is 9.15. The lowest BCUT2D eigenvalue weighted by molar-refractivity contribution is -0.114. The van der Waals surface area contributed by atoms with Crippen LogP contribution in [-0.4, -0.2) is 43.0 Å². The third kappa shape index (κ3) is 4.33. The second-order valence-electron chi connectivity index (χ2n) is 5.22. The van der Waals surface area contributed by atoms with Crippen LogP contribution in [0.5, 0.6) is 0 Å². The zero-order valence-electron chi connectivity index (χ0n) is 11.8. The highest BCUT2D eigenvalue weighted by molar-refractivity contribution is 5.88. The molecule has 1 fully saturated rings. The predicted octanol–water partition coefficient (Wildman–Crippen LogP) is 1.48. The number of benzene rings is 1. The van der Waals surface area contributed by atoms with Gasteiger partial charge in [0.1, 0.15) is 0 Å². The summed E-state index contributed by atoms with van der Waals surface area (Å²) >= 11 is 0. The van der Waals surface area contributed by atoms with E-state index in [1.807, 2.05) is 12.1 Å². The fourth-order valence-electron chi connectivity index (χ4n) is 2.52. The summed E-state index contributed by atoms with van der Waals surface area (Å²) in [4.78, 5) is 13.5. The summed E-state index contributed by atoms with van der Waals surface area (Å²) in [6, 6.07) is 8.71. The first-order valence-electron chi connectivity index (χ1n) is 6.96. The van der Waals surface area contributed by atoms with Crippen molar-refractivity contribution >= 4 is 11.6 Å². The van der Waals surface area contributed by atoms with E-state index in [1.165, 1.54) is 12.5 Å². The molecule has 2 N–H and O–H groups in total. The van der Waals surface area contributed by atoms with Crippen molar-refractivity contribution < 1.29 is 4.79 Å². The van der Waals surface area contributed by atoms with Crippen LogP contribution < -0.4 is 10.6 Å². The third-order valence-corrected chi connectivity index (χ3v) is 3.58. The molecular weight excluding hydrogens is 238 g/mol. The quantitative estimate of drug-likeness (QED) is 0.863. The van der Waals surface area contributed by atoms with Crippen molar-refractivity contribution in [3.8, 4) is 0 Å². The molecule has 0 saturated carbocycles. The predicted molar refractivity (Wildman–Crippen MR) is 78.4 cm³/mol. The Bertz CT molecular complexity index is 410. The summed E-state index contributed by atoms with van der Waals surface area (Å²) in [7, 11) is 0. The third-order valence-electron chi connectivity index (χ3n) is 3.58. The van der Waals surface area contributed by atoms with Crippen molar-refractivity contribution in [2.24, 2.45) is 0 Å². The molecule has 0 aliphatic carbocycles. The Morgan fingerprint density at radius 1 is 1.32 bits per heavy atom. The van der Waals surface area contributed by atoms with Crippen LogP contribution in [0.4, 0.5) is 5.69 Å². The van der Waals surface area contributed by atoms with E-state index < -0.39 is 0 Å². The summed E-state index contributed by atoms with van der Waals surface area (Å²) in [5.74, 6) is -0.0260. The minimum absolute atomic E-state index is 0.0260. The fraction of sp³-hybridized carbons (Fsp3) is 0.533.